The van der Waals surface area contributed by atoms with Gasteiger partial charge in [-0.1, -0.05) is 17.7 Å². The van der Waals surface area contributed by atoms with Crippen molar-refractivity contribution < 1.29 is 14.6 Å². The van der Waals surface area contributed by atoms with Gasteiger partial charge in [0, 0.05) is 38.0 Å². The molecule has 0 radical (unpaired) electrons. The van der Waals surface area contributed by atoms with E-state index in [9.17, 15) is 9.90 Å². The van der Waals surface area contributed by atoms with E-state index in [2.05, 4.69) is 15.3 Å². The van der Waals surface area contributed by atoms with Gasteiger partial charge >= 0.3 is 0 Å². The number of hydrogen-bond donors (Lipinski definition) is 2. The van der Waals surface area contributed by atoms with Gasteiger partial charge in [-0.2, -0.15) is 4.98 Å². The van der Waals surface area contributed by atoms with E-state index in [1.54, 1.807) is 25.2 Å². The van der Waals surface area contributed by atoms with Gasteiger partial charge in [0.05, 0.1) is 18.8 Å². The summed E-state index contributed by atoms with van der Waals surface area (Å²) in [4.78, 5) is 23.4. The van der Waals surface area contributed by atoms with Gasteiger partial charge in [0.25, 0.3) is 5.91 Å². The van der Waals surface area contributed by atoms with Gasteiger partial charge in [-0.25, -0.2) is 4.98 Å². The molecule has 2 atom stereocenters. The van der Waals surface area contributed by atoms with Crippen molar-refractivity contribution in [3.05, 3.63) is 47.8 Å². The van der Waals surface area contributed by atoms with Gasteiger partial charge in [0.1, 0.15) is 5.69 Å². The van der Waals surface area contributed by atoms with E-state index >= 15 is 0 Å². The third-order valence-electron chi connectivity index (χ3n) is 5.10. The summed E-state index contributed by atoms with van der Waals surface area (Å²) >= 11 is 0. The Morgan fingerprint density at radius 1 is 1.31 bits per heavy atom. The monoisotopic (exact) mass is 395 g/mol. The number of nitrogens with one attached hydrogen (secondary N) is 1. The Labute approximate surface area is 169 Å². The Hall–Kier alpha value is -2.97. The average Bonchev–Trinajstić information content (AvgIpc) is 3.08. The number of amides is 1. The number of carbonyl (C=O) groups is 1. The van der Waals surface area contributed by atoms with Crippen LogP contribution in [0.5, 0.6) is 0 Å². The predicted molar refractivity (Wildman–Crippen MR) is 110 cm³/mol. The number of hydrogen-bond acceptors (Lipinski definition) is 6. The number of nitrogens with zero attached hydrogens (tertiary/aromatic N) is 4. The summed E-state index contributed by atoms with van der Waals surface area (Å²) < 4.78 is 7.13. The largest absolute Gasteiger partial charge is 0.389 e. The molecule has 1 saturated heterocycles. The summed E-state index contributed by atoms with van der Waals surface area (Å²) in [6.45, 7) is 2.90. The molecular formula is C21H25N5O3. The average molecular weight is 395 g/mol. The molecule has 8 heteroatoms. The lowest BCUT2D eigenvalue weighted by Crippen LogP contribution is -2.42. The number of fused-ring (bicyclic) bond motifs is 1. The fraction of sp³-hybridized carbons (Fsp3) is 0.381. The molecule has 0 saturated carbocycles. The van der Waals surface area contributed by atoms with Crippen LogP contribution >= 0.6 is 0 Å². The van der Waals surface area contributed by atoms with E-state index in [0.717, 1.165) is 16.6 Å². The molecule has 1 amide bonds. The third kappa shape index (κ3) is 3.81. The number of aliphatic hydroxyl groups is 1. The summed E-state index contributed by atoms with van der Waals surface area (Å²) in [5.74, 6) is 0.302. The normalized spacial score (nSPS) is 19.3. The molecule has 1 fully saturated rings. The molecule has 8 nitrogen and oxygen atoms in total. The molecule has 3 aromatic rings. The lowest BCUT2D eigenvalue weighted by Gasteiger charge is -2.28. The molecule has 29 heavy (non-hydrogen) atoms. The maximum Gasteiger partial charge on any atom is 0.270 e. The first-order chi connectivity index (χ1) is 13.9. The zero-order valence-corrected chi connectivity index (χ0v) is 16.8. The van der Waals surface area contributed by atoms with Crippen LogP contribution in [0.25, 0.3) is 16.7 Å². The topological polar surface area (TPSA) is 92.5 Å². The molecule has 0 aliphatic carbocycles. The van der Waals surface area contributed by atoms with Gasteiger partial charge < -0.3 is 20.1 Å². The summed E-state index contributed by atoms with van der Waals surface area (Å²) in [6.07, 6.45) is 1.76. The molecule has 0 unspecified atom stereocenters. The van der Waals surface area contributed by atoms with Crippen molar-refractivity contribution in [1.29, 1.82) is 0 Å². The standard InChI is InChI=1S/C21H25N5O3/c1-13-4-6-15(7-5-13)26-17(20(28)25(2)3)10-14-11-22-21(24-19(14)26)23-16-8-9-29-12-18(16)27/h4-7,10-11,16,18,27H,8-9,12H2,1-3H3,(H,22,23,24)/t16-,18-/m1/s1. The number of aromatic nitrogens is 3. The molecule has 2 aromatic heterocycles. The molecule has 0 spiro atoms. The highest BCUT2D eigenvalue weighted by Gasteiger charge is 2.25. The molecule has 0 bridgehead atoms. The molecule has 3 heterocycles. The minimum Gasteiger partial charge on any atom is -0.389 e. The van der Waals surface area contributed by atoms with Crippen LogP contribution in [0.2, 0.25) is 0 Å². The second kappa shape index (κ2) is 7.81. The number of rotatable bonds is 4. The molecule has 1 aliphatic heterocycles. The van der Waals surface area contributed by atoms with E-state index in [1.165, 1.54) is 0 Å². The van der Waals surface area contributed by atoms with Gasteiger partial charge in [-0.05, 0) is 31.5 Å². The first kappa shape index (κ1) is 19.4. The SMILES string of the molecule is Cc1ccc(-n2c(C(=O)N(C)C)cc3cnc(N[C@@H]4CCOC[C@H]4O)nc32)cc1. The number of ether oxygens (including phenoxy) is 1. The van der Waals surface area contributed by atoms with Crippen molar-refractivity contribution in [3.63, 3.8) is 0 Å². The van der Waals surface area contributed by atoms with Crippen LogP contribution in [-0.2, 0) is 4.74 Å². The molecule has 2 N–H and O–H groups in total. The fourth-order valence-corrected chi connectivity index (χ4v) is 3.46. The lowest BCUT2D eigenvalue weighted by molar-refractivity contribution is -0.0136. The Morgan fingerprint density at radius 2 is 2.07 bits per heavy atom. The minimum atomic E-state index is -0.613. The smallest absolute Gasteiger partial charge is 0.270 e. The minimum absolute atomic E-state index is 0.113. The molecule has 4 rings (SSSR count). The van der Waals surface area contributed by atoms with Crippen molar-refractivity contribution in [2.45, 2.75) is 25.5 Å². The Balaban J connectivity index is 1.80. The van der Waals surface area contributed by atoms with E-state index in [1.807, 2.05) is 41.8 Å². The van der Waals surface area contributed by atoms with Crippen molar-refractivity contribution in [3.8, 4) is 5.69 Å². The van der Waals surface area contributed by atoms with Crippen LogP contribution in [0.1, 0.15) is 22.5 Å². The van der Waals surface area contributed by atoms with Gasteiger partial charge in [0.15, 0.2) is 5.65 Å². The predicted octanol–water partition coefficient (Wildman–Crippen LogP) is 1.99. The second-order valence-corrected chi connectivity index (χ2v) is 7.55. The van der Waals surface area contributed by atoms with Crippen LogP contribution in [0, 0.1) is 6.92 Å². The van der Waals surface area contributed by atoms with E-state index in [-0.39, 0.29) is 11.9 Å². The van der Waals surface area contributed by atoms with E-state index < -0.39 is 6.10 Å². The van der Waals surface area contributed by atoms with Crippen LogP contribution in [0.3, 0.4) is 0 Å². The maximum absolute atomic E-state index is 12.8. The number of aliphatic hydroxyl groups excluding tert-OH is 1. The molecular weight excluding hydrogens is 370 g/mol. The van der Waals surface area contributed by atoms with Crippen molar-refractivity contribution in [2.24, 2.45) is 0 Å². The van der Waals surface area contributed by atoms with Gasteiger partial charge in [-0.15, -0.1) is 0 Å². The Morgan fingerprint density at radius 3 is 2.76 bits per heavy atom. The zero-order chi connectivity index (χ0) is 20.5. The number of benzene rings is 1. The number of aryl methyl sites for hydroxylation is 1. The lowest BCUT2D eigenvalue weighted by atomic mass is 10.1. The van der Waals surface area contributed by atoms with Crippen LogP contribution in [-0.4, -0.2) is 69.9 Å². The fourth-order valence-electron chi connectivity index (χ4n) is 3.46. The van der Waals surface area contributed by atoms with Crippen molar-refractivity contribution in [1.82, 2.24) is 19.4 Å². The third-order valence-corrected chi connectivity index (χ3v) is 5.10. The van der Waals surface area contributed by atoms with Gasteiger partial charge in [-0.3, -0.25) is 9.36 Å². The Kier molecular flexibility index (Phi) is 5.21. The summed E-state index contributed by atoms with van der Waals surface area (Å²) in [6, 6.07) is 9.59. The number of anilines is 1. The first-order valence-corrected chi connectivity index (χ1v) is 9.63. The number of carbonyl (C=O) groups excluding carboxylic acids is 1. The van der Waals surface area contributed by atoms with Crippen molar-refractivity contribution in [2.75, 3.05) is 32.6 Å². The van der Waals surface area contributed by atoms with Crippen molar-refractivity contribution >= 4 is 22.9 Å². The summed E-state index contributed by atoms with van der Waals surface area (Å²) in [5, 5.41) is 14.1. The van der Waals surface area contributed by atoms with Crippen LogP contribution in [0.4, 0.5) is 5.95 Å². The molecule has 1 aromatic carbocycles. The van der Waals surface area contributed by atoms with Crippen LogP contribution < -0.4 is 5.32 Å². The van der Waals surface area contributed by atoms with E-state index in [0.29, 0.717) is 36.9 Å². The quantitative estimate of drug-likeness (QED) is 0.702. The Bertz CT molecular complexity index is 1030. The highest BCUT2D eigenvalue weighted by Crippen LogP contribution is 2.25. The van der Waals surface area contributed by atoms with Crippen LogP contribution in [0.15, 0.2) is 36.5 Å². The highest BCUT2D eigenvalue weighted by atomic mass is 16.5. The highest BCUT2D eigenvalue weighted by molar-refractivity contribution is 5.98. The molecule has 1 aliphatic rings. The summed E-state index contributed by atoms with van der Waals surface area (Å²) in [5.41, 5.74) is 3.15. The zero-order valence-electron chi connectivity index (χ0n) is 16.8. The molecule has 152 valence electrons. The second-order valence-electron chi connectivity index (χ2n) is 7.55. The first-order valence-electron chi connectivity index (χ1n) is 9.63. The summed E-state index contributed by atoms with van der Waals surface area (Å²) in [7, 11) is 3.45. The van der Waals surface area contributed by atoms with Gasteiger partial charge in [0.2, 0.25) is 5.95 Å². The van der Waals surface area contributed by atoms with E-state index in [4.69, 9.17) is 4.74 Å². The maximum atomic E-state index is 12.8.